The third-order valence-electron chi connectivity index (χ3n) is 3.29. The van der Waals surface area contributed by atoms with E-state index in [-0.39, 0.29) is 11.9 Å². The van der Waals surface area contributed by atoms with Gasteiger partial charge in [-0.1, -0.05) is 13.8 Å². The molecule has 0 aliphatic heterocycles. The third kappa shape index (κ3) is 50.9. The molecular formula is C22H46N8O7. The fraction of sp³-hybridized carbons (Fsp3) is 0.818. The Labute approximate surface area is 220 Å². The second-order valence-corrected chi connectivity index (χ2v) is 6.56. The van der Waals surface area contributed by atoms with Crippen molar-refractivity contribution in [3.63, 3.8) is 0 Å². The highest BCUT2D eigenvalue weighted by Gasteiger charge is 1.94. The zero-order valence-corrected chi connectivity index (χ0v) is 22.3. The molecule has 0 bridgehead atoms. The van der Waals surface area contributed by atoms with Crippen LogP contribution in [0.3, 0.4) is 0 Å². The van der Waals surface area contributed by atoms with Crippen LogP contribution in [0.2, 0.25) is 0 Å². The predicted octanol–water partition coefficient (Wildman–Crippen LogP) is -0.596. The van der Waals surface area contributed by atoms with Crippen LogP contribution in [0, 0.1) is 22.9 Å². The lowest BCUT2D eigenvalue weighted by molar-refractivity contribution is -0.0204. The Balaban J connectivity index is -0.000000790. The summed E-state index contributed by atoms with van der Waals surface area (Å²) in [5, 5.41) is 15.3. The van der Waals surface area contributed by atoms with Crippen molar-refractivity contribution in [3.05, 3.63) is 0 Å². The monoisotopic (exact) mass is 534 g/mol. The number of nitrogens with two attached hydrogens (primary N) is 4. The maximum atomic E-state index is 7.64. The van der Waals surface area contributed by atoms with E-state index < -0.39 is 0 Å². The van der Waals surface area contributed by atoms with E-state index in [1.165, 1.54) is 12.4 Å². The first-order valence-electron chi connectivity index (χ1n) is 12.0. The highest BCUT2D eigenvalue weighted by atomic mass is 16.6. The molecule has 0 unspecified atom stereocenters. The summed E-state index contributed by atoms with van der Waals surface area (Å²) in [6, 6.07) is 0. The van der Waals surface area contributed by atoms with Crippen LogP contribution < -0.4 is 22.9 Å². The summed E-state index contributed by atoms with van der Waals surface area (Å²) >= 11 is 0. The molecule has 37 heavy (non-hydrogen) atoms. The number of aliphatic imine (C=N–C) groups is 2. The summed E-state index contributed by atoms with van der Waals surface area (Å²) < 4.78 is 37.5. The molecule has 0 fully saturated rings. The molecule has 0 spiro atoms. The van der Waals surface area contributed by atoms with Crippen LogP contribution in [0.1, 0.15) is 26.7 Å². The topological polar surface area (TPSA) is 241 Å². The lowest BCUT2D eigenvalue weighted by Crippen LogP contribution is -2.21. The zero-order chi connectivity index (χ0) is 28.2. The Morgan fingerprint density at radius 2 is 0.649 bits per heavy atom. The molecule has 0 amide bonds. The molecule has 0 aliphatic carbocycles. The van der Waals surface area contributed by atoms with E-state index in [0.29, 0.717) is 79.3 Å². The summed E-state index contributed by atoms with van der Waals surface area (Å²) in [4.78, 5) is 5.81. The number of nitrogens with zero attached hydrogens (tertiary/aromatic N) is 4. The van der Waals surface area contributed by atoms with E-state index in [2.05, 4.69) is 23.8 Å². The average molecular weight is 535 g/mol. The van der Waals surface area contributed by atoms with Crippen LogP contribution in [0.15, 0.2) is 9.98 Å². The summed E-state index contributed by atoms with van der Waals surface area (Å²) in [7, 11) is 0. The van der Waals surface area contributed by atoms with Gasteiger partial charge in [0, 0.05) is 13.2 Å². The van der Waals surface area contributed by atoms with Gasteiger partial charge in [0.25, 0.3) is 0 Å². The van der Waals surface area contributed by atoms with Gasteiger partial charge in [0.1, 0.15) is 0 Å². The highest BCUT2D eigenvalue weighted by Crippen LogP contribution is 1.86. The van der Waals surface area contributed by atoms with Crippen LogP contribution in [0.25, 0.3) is 0 Å². The average Bonchev–Trinajstić information content (AvgIpc) is 2.85. The largest absolute Gasteiger partial charge is 0.379 e. The molecule has 15 nitrogen and oxygen atoms in total. The molecule has 0 atom stereocenters. The van der Waals surface area contributed by atoms with Crippen LogP contribution in [-0.4, -0.2) is 104 Å². The van der Waals surface area contributed by atoms with E-state index >= 15 is 0 Å². The minimum atomic E-state index is -0.197. The normalized spacial score (nSPS) is 9.51. The molecular weight excluding hydrogens is 488 g/mol. The van der Waals surface area contributed by atoms with Crippen molar-refractivity contribution in [2.45, 2.75) is 26.7 Å². The Bertz CT molecular complexity index is 541. The van der Waals surface area contributed by atoms with Gasteiger partial charge >= 0.3 is 0 Å². The summed E-state index contributed by atoms with van der Waals surface area (Å²) in [6.07, 6.45) is 4.89. The van der Waals surface area contributed by atoms with E-state index in [9.17, 15) is 0 Å². The molecule has 0 aromatic carbocycles. The first kappa shape index (κ1) is 38.8. The lowest BCUT2D eigenvalue weighted by atomic mass is 10.5. The number of hydrogen-bond acceptors (Lipinski definition) is 11. The summed E-state index contributed by atoms with van der Waals surface area (Å²) in [5.74, 6) is -0.394. The third-order valence-corrected chi connectivity index (χ3v) is 3.29. The van der Waals surface area contributed by atoms with Gasteiger partial charge in [0.15, 0.2) is 0 Å². The molecule has 0 saturated heterocycles. The Morgan fingerprint density at radius 3 is 0.757 bits per heavy atom. The number of rotatable bonds is 22. The van der Waals surface area contributed by atoms with Crippen LogP contribution in [-0.2, 0) is 33.2 Å². The Morgan fingerprint density at radius 1 is 0.459 bits per heavy atom. The van der Waals surface area contributed by atoms with Crippen LogP contribution in [0.4, 0.5) is 0 Å². The maximum Gasteiger partial charge on any atom is 0.209 e. The summed E-state index contributed by atoms with van der Waals surface area (Å²) in [6.45, 7) is 12.9. The van der Waals surface area contributed by atoms with Crippen molar-refractivity contribution < 1.29 is 33.2 Å². The first-order valence-corrected chi connectivity index (χ1v) is 12.0. The molecule has 15 heteroatoms. The summed E-state index contributed by atoms with van der Waals surface area (Å²) in [5.41, 5.74) is 18.8. The van der Waals surface area contributed by atoms with Crippen molar-refractivity contribution in [2.24, 2.45) is 32.9 Å². The molecule has 8 N–H and O–H groups in total. The number of hydrogen-bond donors (Lipinski definition) is 4. The van der Waals surface area contributed by atoms with Crippen LogP contribution >= 0.6 is 0 Å². The SMILES string of the molecule is CCCOCCOCCOCCOCCOCCOCCOCCC.N#CN=C(N)N.N#CN=C(N)N. The first-order chi connectivity index (χ1) is 18.0. The number of nitriles is 2. The van der Waals surface area contributed by atoms with Crippen LogP contribution in [0.5, 0.6) is 0 Å². The van der Waals surface area contributed by atoms with Crippen molar-refractivity contribution in [3.8, 4) is 12.4 Å². The van der Waals surface area contributed by atoms with Gasteiger partial charge in [-0.15, -0.1) is 9.98 Å². The van der Waals surface area contributed by atoms with Crippen molar-refractivity contribution >= 4 is 11.9 Å². The van der Waals surface area contributed by atoms with Crippen molar-refractivity contribution in [1.82, 2.24) is 0 Å². The quantitative estimate of drug-likeness (QED) is 0.0587. The van der Waals surface area contributed by atoms with Gasteiger partial charge in [0.2, 0.25) is 24.3 Å². The lowest BCUT2D eigenvalue weighted by Gasteiger charge is -2.08. The smallest absolute Gasteiger partial charge is 0.209 e. The molecule has 0 rings (SSSR count). The molecule has 0 radical (unpaired) electrons. The van der Waals surface area contributed by atoms with Gasteiger partial charge in [-0.25, -0.2) is 0 Å². The molecule has 0 heterocycles. The van der Waals surface area contributed by atoms with Gasteiger partial charge in [0.05, 0.1) is 79.3 Å². The molecule has 0 aromatic heterocycles. The number of guanidine groups is 2. The molecule has 216 valence electrons. The van der Waals surface area contributed by atoms with Gasteiger partial charge in [-0.2, -0.15) is 10.5 Å². The second kappa shape index (κ2) is 37.8. The minimum Gasteiger partial charge on any atom is -0.379 e. The number of ether oxygens (including phenoxy) is 7. The molecule has 0 aromatic rings. The predicted molar refractivity (Wildman–Crippen MR) is 139 cm³/mol. The molecule has 0 aliphatic rings. The van der Waals surface area contributed by atoms with Gasteiger partial charge in [-0.05, 0) is 12.8 Å². The van der Waals surface area contributed by atoms with E-state index in [0.717, 1.165) is 26.1 Å². The van der Waals surface area contributed by atoms with Gasteiger partial charge < -0.3 is 56.1 Å². The van der Waals surface area contributed by atoms with E-state index in [1.807, 2.05) is 0 Å². The second-order valence-electron chi connectivity index (χ2n) is 6.56. The minimum absolute atomic E-state index is 0.197. The zero-order valence-electron chi connectivity index (χ0n) is 22.3. The fourth-order valence-corrected chi connectivity index (χ4v) is 1.83. The maximum absolute atomic E-state index is 7.64. The Kier molecular flexibility index (Phi) is 39.6. The fourth-order valence-electron chi connectivity index (χ4n) is 1.83. The van der Waals surface area contributed by atoms with Crippen molar-refractivity contribution in [2.75, 3.05) is 92.5 Å². The van der Waals surface area contributed by atoms with Crippen molar-refractivity contribution in [1.29, 1.82) is 10.5 Å². The van der Waals surface area contributed by atoms with Gasteiger partial charge in [-0.3, -0.25) is 0 Å². The highest BCUT2D eigenvalue weighted by molar-refractivity contribution is 5.76. The Hall–Kier alpha value is -2.76. The van der Waals surface area contributed by atoms with E-state index in [1.54, 1.807) is 0 Å². The van der Waals surface area contributed by atoms with E-state index in [4.69, 9.17) is 66.6 Å². The molecule has 0 saturated carbocycles. The standard InChI is InChI=1S/C18H38O7.2C2H4N4/c1-3-5-19-7-9-21-11-13-23-15-17-25-18-16-24-14-12-22-10-8-20-6-4-2;2*3-1-6-2(4)5/h3-18H2,1-2H3;2*(H4,4,5,6).